The summed E-state index contributed by atoms with van der Waals surface area (Å²) in [7, 11) is -1.01. The van der Waals surface area contributed by atoms with Crippen molar-refractivity contribution >= 4 is 39.9 Å². The molecule has 4 aromatic rings. The maximum absolute atomic E-state index is 13.9. The molecular weight excluding hydrogens is 488 g/mol. The fraction of sp³-hybridized carbons (Fsp3) is 0.280. The molecule has 4 rings (SSSR count). The smallest absolute Gasteiger partial charge is 0.274 e. The molecule has 1 aromatic carbocycles. The van der Waals surface area contributed by atoms with Crippen molar-refractivity contribution in [1.29, 1.82) is 0 Å². The fourth-order valence-electron chi connectivity index (χ4n) is 3.95. The van der Waals surface area contributed by atoms with Gasteiger partial charge in [-0.15, -0.1) is 11.3 Å². The molecule has 7 nitrogen and oxygen atoms in total. The Hall–Kier alpha value is -3.16. The maximum Gasteiger partial charge on any atom is 0.274 e. The first-order valence-electron chi connectivity index (χ1n) is 11.1. The molecule has 3 aromatic heterocycles. The molecule has 0 saturated heterocycles. The largest absolute Gasteiger partial charge is 0.455 e. The number of H-pyrrole nitrogens is 1. The van der Waals surface area contributed by atoms with Crippen LogP contribution in [0.15, 0.2) is 35.3 Å². The monoisotopic (exact) mass is 515 g/mol. The second-order valence-corrected chi connectivity index (χ2v) is 13.4. The second kappa shape index (κ2) is 9.13. The van der Waals surface area contributed by atoms with Crippen LogP contribution < -0.4 is 20.2 Å². The number of hydrogen-bond acceptors (Lipinski definition) is 5. The van der Waals surface area contributed by atoms with Gasteiger partial charge in [0.25, 0.3) is 11.5 Å². The Bertz CT molecular complexity index is 1550. The summed E-state index contributed by atoms with van der Waals surface area (Å²) < 4.78 is 35.3. The van der Waals surface area contributed by atoms with Gasteiger partial charge in [-0.1, -0.05) is 0 Å². The molecule has 0 aliphatic carbocycles. The minimum Gasteiger partial charge on any atom is -0.455 e. The highest BCUT2D eigenvalue weighted by atomic mass is 32.1. The van der Waals surface area contributed by atoms with Crippen molar-refractivity contribution < 1.29 is 18.5 Å². The van der Waals surface area contributed by atoms with Crippen molar-refractivity contribution in [3.63, 3.8) is 0 Å². The van der Waals surface area contributed by atoms with Crippen LogP contribution in [0.3, 0.4) is 0 Å². The Labute approximate surface area is 206 Å². The first kappa shape index (κ1) is 24.9. The number of benzene rings is 1. The molecule has 0 bridgehead atoms. The van der Waals surface area contributed by atoms with Crippen molar-refractivity contribution in [1.82, 2.24) is 14.9 Å². The first-order chi connectivity index (χ1) is 16.4. The Kier molecular flexibility index (Phi) is 6.51. The topological polar surface area (TPSA) is 93.2 Å². The van der Waals surface area contributed by atoms with Gasteiger partial charge in [0.1, 0.15) is 35.7 Å². The Morgan fingerprint density at radius 2 is 1.86 bits per heavy atom. The summed E-state index contributed by atoms with van der Waals surface area (Å²) in [5.41, 5.74) is 2.20. The first-order valence-corrected chi connectivity index (χ1v) is 14.5. The van der Waals surface area contributed by atoms with Crippen molar-refractivity contribution in [2.45, 2.75) is 20.8 Å². The summed E-state index contributed by atoms with van der Waals surface area (Å²) >= 11 is 1.32. The predicted molar refractivity (Wildman–Crippen MR) is 140 cm³/mol. The van der Waals surface area contributed by atoms with E-state index >= 15 is 0 Å². The van der Waals surface area contributed by atoms with Gasteiger partial charge in [-0.25, -0.2) is 4.39 Å². The van der Waals surface area contributed by atoms with E-state index in [4.69, 9.17) is 4.74 Å². The maximum atomic E-state index is 13.9. The SMILES string of the molecule is CCNC(=O)c1cc2c(-c3sc(P(C)(C)=O)cc3Oc3c(C)cc(F)cc3C)cn(C)c(=O)c2[nH]1. The van der Waals surface area contributed by atoms with E-state index in [1.165, 1.54) is 28.0 Å². The number of carbonyl (C=O) groups excluding carboxylic acids is 1. The van der Waals surface area contributed by atoms with E-state index in [1.54, 1.807) is 52.6 Å². The minimum absolute atomic E-state index is 0.271. The quantitative estimate of drug-likeness (QED) is 0.348. The van der Waals surface area contributed by atoms with E-state index in [0.717, 1.165) is 0 Å². The highest BCUT2D eigenvalue weighted by Crippen LogP contribution is 2.47. The summed E-state index contributed by atoms with van der Waals surface area (Å²) in [4.78, 5) is 28.9. The number of halogens is 1. The second-order valence-electron chi connectivity index (χ2n) is 8.89. The molecule has 35 heavy (non-hydrogen) atoms. The van der Waals surface area contributed by atoms with Gasteiger partial charge in [-0.2, -0.15) is 0 Å². The van der Waals surface area contributed by atoms with Crippen molar-refractivity contribution in [2.75, 3.05) is 19.9 Å². The fourth-order valence-corrected chi connectivity index (χ4v) is 6.38. The number of aromatic nitrogens is 2. The van der Waals surface area contributed by atoms with E-state index < -0.39 is 7.14 Å². The van der Waals surface area contributed by atoms with Crippen LogP contribution in [0.25, 0.3) is 21.3 Å². The van der Waals surface area contributed by atoms with E-state index in [0.29, 0.717) is 49.6 Å². The number of carbonyl (C=O) groups is 1. The van der Waals surface area contributed by atoms with Crippen LogP contribution in [0, 0.1) is 19.7 Å². The Morgan fingerprint density at radius 3 is 2.46 bits per heavy atom. The van der Waals surface area contributed by atoms with E-state index in [1.807, 2.05) is 6.92 Å². The molecule has 0 atom stereocenters. The van der Waals surface area contributed by atoms with Crippen molar-refractivity contribution in [2.24, 2.45) is 7.05 Å². The zero-order chi connectivity index (χ0) is 25.7. The van der Waals surface area contributed by atoms with E-state index in [2.05, 4.69) is 10.3 Å². The van der Waals surface area contributed by atoms with Crippen LogP contribution in [-0.2, 0) is 11.6 Å². The number of pyridine rings is 1. The lowest BCUT2D eigenvalue weighted by atomic mass is 10.1. The molecule has 0 aliphatic heterocycles. The molecular formula is C25H27FN3O4PS. The molecule has 2 N–H and O–H groups in total. The number of amides is 1. The average molecular weight is 516 g/mol. The van der Waals surface area contributed by atoms with Gasteiger partial charge in [0.2, 0.25) is 0 Å². The summed E-state index contributed by atoms with van der Waals surface area (Å²) in [6.45, 7) is 9.15. The summed E-state index contributed by atoms with van der Waals surface area (Å²) in [5, 5.41) is 3.29. The molecule has 0 unspecified atom stereocenters. The number of aryl methyl sites for hydroxylation is 3. The standard InChI is InChI=1S/C25H27FN3O4PS/c1-7-27-24(30)18-10-16-17(12-29(4)25(31)21(16)28-18)23-19(11-20(35-23)34(5,6)32)33-22-13(2)8-15(26)9-14(22)3/h8-12,28H,7H2,1-6H3,(H,27,30). The highest BCUT2D eigenvalue weighted by molar-refractivity contribution is 7.75. The van der Waals surface area contributed by atoms with Crippen LogP contribution >= 0.6 is 18.5 Å². The third-order valence-corrected chi connectivity index (χ3v) is 9.38. The molecule has 0 saturated carbocycles. The summed E-state index contributed by atoms with van der Waals surface area (Å²) in [6.07, 6.45) is 1.68. The van der Waals surface area contributed by atoms with Crippen molar-refractivity contribution in [3.05, 3.63) is 63.5 Å². The van der Waals surface area contributed by atoms with Gasteiger partial charge in [-0.05, 0) is 63.4 Å². The molecule has 0 spiro atoms. The third kappa shape index (κ3) is 4.70. The number of nitrogens with zero attached hydrogens (tertiary/aromatic N) is 1. The highest BCUT2D eigenvalue weighted by Gasteiger charge is 2.25. The molecule has 10 heteroatoms. The van der Waals surface area contributed by atoms with E-state index in [-0.39, 0.29) is 28.5 Å². The molecule has 1 amide bonds. The van der Waals surface area contributed by atoms with Gasteiger partial charge in [0.15, 0.2) is 0 Å². The Morgan fingerprint density at radius 1 is 1.20 bits per heavy atom. The van der Waals surface area contributed by atoms with E-state index in [9.17, 15) is 18.5 Å². The lowest BCUT2D eigenvalue weighted by Crippen LogP contribution is -2.23. The molecule has 184 valence electrons. The number of rotatable bonds is 6. The minimum atomic E-state index is -2.64. The number of aromatic amines is 1. The zero-order valence-electron chi connectivity index (χ0n) is 20.4. The molecule has 0 fully saturated rings. The molecule has 3 heterocycles. The molecule has 0 aliphatic rings. The van der Waals surface area contributed by atoms with Gasteiger partial charge in [-0.3, -0.25) is 9.59 Å². The number of hydrogen-bond donors (Lipinski definition) is 2. The average Bonchev–Trinajstić information content (AvgIpc) is 3.39. The van der Waals surface area contributed by atoms with Crippen molar-refractivity contribution in [3.8, 4) is 21.9 Å². The normalized spacial score (nSPS) is 11.7. The number of fused-ring (bicyclic) bond motifs is 1. The summed E-state index contributed by atoms with van der Waals surface area (Å²) in [6, 6.07) is 6.19. The Balaban J connectivity index is 1.98. The summed E-state index contributed by atoms with van der Waals surface area (Å²) in [5.74, 6) is 0.295. The predicted octanol–water partition coefficient (Wildman–Crippen LogP) is 5.14. The zero-order valence-corrected chi connectivity index (χ0v) is 22.1. The lowest BCUT2D eigenvalue weighted by molar-refractivity contribution is 0.0951. The lowest BCUT2D eigenvalue weighted by Gasteiger charge is -2.13. The number of nitrogens with one attached hydrogen (secondary N) is 2. The van der Waals surface area contributed by atoms with Gasteiger partial charge < -0.3 is 24.2 Å². The van der Waals surface area contributed by atoms with Crippen LogP contribution in [0.2, 0.25) is 0 Å². The van der Waals surface area contributed by atoms with Gasteiger partial charge in [0, 0.05) is 36.8 Å². The molecule has 0 radical (unpaired) electrons. The van der Waals surface area contributed by atoms with Crippen LogP contribution in [0.4, 0.5) is 4.39 Å². The third-order valence-electron chi connectivity index (χ3n) is 5.64. The number of ether oxygens (including phenoxy) is 1. The van der Waals surface area contributed by atoms with Gasteiger partial charge >= 0.3 is 0 Å². The van der Waals surface area contributed by atoms with Crippen LogP contribution in [-0.4, -0.2) is 35.3 Å². The van der Waals surface area contributed by atoms with Crippen LogP contribution in [0.1, 0.15) is 28.5 Å². The van der Waals surface area contributed by atoms with Crippen LogP contribution in [0.5, 0.6) is 11.5 Å². The van der Waals surface area contributed by atoms with Gasteiger partial charge in [0.05, 0.1) is 9.50 Å². The number of thiophene rings is 1.